The van der Waals surface area contributed by atoms with Gasteiger partial charge in [-0.1, -0.05) is 108 Å². The maximum atomic E-state index is 13.8. The smallest absolute Gasteiger partial charge is 0.272 e. The summed E-state index contributed by atoms with van der Waals surface area (Å²) >= 11 is 15.1. The van der Waals surface area contributed by atoms with Crippen molar-refractivity contribution in [1.82, 2.24) is 10.3 Å². The van der Waals surface area contributed by atoms with Crippen molar-refractivity contribution in [2.75, 3.05) is 10.6 Å². The highest BCUT2D eigenvalue weighted by Gasteiger charge is 2.24. The number of hydrogen-bond acceptors (Lipinski definition) is 6. The third kappa shape index (κ3) is 9.53. The fourth-order valence-electron chi connectivity index (χ4n) is 5.07. The van der Waals surface area contributed by atoms with E-state index in [2.05, 4.69) is 20.9 Å². The van der Waals surface area contributed by atoms with Gasteiger partial charge in [-0.15, -0.1) is 23.1 Å². The number of aryl methyl sites for hydroxylation is 1. The summed E-state index contributed by atoms with van der Waals surface area (Å²) < 4.78 is 0. The highest BCUT2D eigenvalue weighted by atomic mass is 35.5. The van der Waals surface area contributed by atoms with Crippen LogP contribution >= 0.6 is 46.3 Å². The summed E-state index contributed by atoms with van der Waals surface area (Å²) in [6.45, 7) is 1.96. The topological polar surface area (TPSA) is 100 Å². The summed E-state index contributed by atoms with van der Waals surface area (Å²) in [6, 6.07) is 38.1. The first-order valence-corrected chi connectivity index (χ1v) is 18.2. The molecule has 0 fully saturated rings. The van der Waals surface area contributed by atoms with Gasteiger partial charge in [-0.05, 0) is 72.7 Å². The summed E-state index contributed by atoms with van der Waals surface area (Å²) in [5, 5.41) is 11.2. The molecule has 3 N–H and O–H groups in total. The lowest BCUT2D eigenvalue weighted by molar-refractivity contribution is -0.116. The SMILES string of the molecule is Cc1cccc(/C=C(/NC(=O)c2ccccc2)C(=O)Nc2cccc(SC(C(=O)Nc3nc(-c4ccc(Cl)cc4Cl)cs3)c3ccccc3)c2)c1. The molecule has 0 bridgehead atoms. The number of aromatic nitrogens is 1. The summed E-state index contributed by atoms with van der Waals surface area (Å²) in [7, 11) is 0. The fraction of sp³-hybridized carbons (Fsp3) is 0.0500. The number of halogens is 2. The van der Waals surface area contributed by atoms with Crippen molar-refractivity contribution in [3.8, 4) is 11.3 Å². The molecule has 254 valence electrons. The van der Waals surface area contributed by atoms with Gasteiger partial charge in [-0.3, -0.25) is 14.4 Å². The van der Waals surface area contributed by atoms with Gasteiger partial charge in [-0.2, -0.15) is 0 Å². The maximum absolute atomic E-state index is 13.8. The summed E-state index contributed by atoms with van der Waals surface area (Å²) in [6.07, 6.45) is 1.64. The van der Waals surface area contributed by atoms with Crippen LogP contribution in [0.15, 0.2) is 143 Å². The van der Waals surface area contributed by atoms with Gasteiger partial charge in [-0.25, -0.2) is 4.98 Å². The van der Waals surface area contributed by atoms with Gasteiger partial charge in [0.1, 0.15) is 10.9 Å². The van der Waals surface area contributed by atoms with Crippen LogP contribution in [0.1, 0.15) is 32.3 Å². The van der Waals surface area contributed by atoms with E-state index >= 15 is 0 Å². The van der Waals surface area contributed by atoms with Gasteiger partial charge >= 0.3 is 0 Å². The first-order chi connectivity index (χ1) is 24.7. The molecule has 5 aromatic carbocycles. The van der Waals surface area contributed by atoms with Crippen LogP contribution in [-0.2, 0) is 9.59 Å². The molecule has 1 atom stereocenters. The van der Waals surface area contributed by atoms with Crippen molar-refractivity contribution in [3.05, 3.63) is 171 Å². The lowest BCUT2D eigenvalue weighted by atomic mass is 10.1. The minimum absolute atomic E-state index is 0.0803. The third-order valence-corrected chi connectivity index (χ3v) is 10.1. The van der Waals surface area contributed by atoms with Gasteiger partial charge in [0.25, 0.3) is 11.8 Å². The maximum Gasteiger partial charge on any atom is 0.272 e. The number of rotatable bonds is 11. The number of carbonyl (C=O) groups is 3. The molecule has 0 aliphatic heterocycles. The van der Waals surface area contributed by atoms with Gasteiger partial charge in [0, 0.05) is 32.1 Å². The Labute approximate surface area is 313 Å². The lowest BCUT2D eigenvalue weighted by Crippen LogP contribution is -2.30. The summed E-state index contributed by atoms with van der Waals surface area (Å²) in [5.41, 5.74) is 4.90. The normalized spacial score (nSPS) is 11.8. The first-order valence-electron chi connectivity index (χ1n) is 15.7. The summed E-state index contributed by atoms with van der Waals surface area (Å²) in [4.78, 5) is 45.9. The van der Waals surface area contributed by atoms with Crippen molar-refractivity contribution in [1.29, 1.82) is 0 Å². The molecule has 0 aliphatic rings. The van der Waals surface area contributed by atoms with Crippen LogP contribution in [0.4, 0.5) is 10.8 Å². The molecular formula is C40H30Cl2N4O3S2. The van der Waals surface area contributed by atoms with Crippen LogP contribution in [0.3, 0.4) is 0 Å². The van der Waals surface area contributed by atoms with E-state index in [1.807, 2.05) is 79.0 Å². The van der Waals surface area contributed by atoms with E-state index in [4.69, 9.17) is 23.2 Å². The number of anilines is 2. The molecule has 0 aliphatic carbocycles. The van der Waals surface area contributed by atoms with E-state index in [0.29, 0.717) is 37.7 Å². The number of amides is 3. The molecule has 3 amide bonds. The third-order valence-electron chi connectivity index (χ3n) is 7.51. The number of nitrogens with zero attached hydrogens (tertiary/aromatic N) is 1. The Bertz CT molecular complexity index is 2230. The van der Waals surface area contributed by atoms with Crippen LogP contribution in [0.2, 0.25) is 10.0 Å². The summed E-state index contributed by atoms with van der Waals surface area (Å²) in [5.74, 6) is -1.18. The quantitative estimate of drug-likeness (QED) is 0.0905. The number of nitrogens with one attached hydrogen (secondary N) is 3. The molecule has 1 aromatic heterocycles. The zero-order chi connectivity index (χ0) is 35.7. The number of thioether (sulfide) groups is 1. The van der Waals surface area contributed by atoms with Crippen LogP contribution in [0.25, 0.3) is 17.3 Å². The number of carbonyl (C=O) groups excluding carboxylic acids is 3. The van der Waals surface area contributed by atoms with Crippen molar-refractivity contribution < 1.29 is 14.4 Å². The molecule has 0 spiro atoms. The molecular weight excluding hydrogens is 720 g/mol. The number of hydrogen-bond donors (Lipinski definition) is 3. The Morgan fingerprint density at radius 3 is 2.29 bits per heavy atom. The Morgan fingerprint density at radius 2 is 1.55 bits per heavy atom. The molecule has 0 radical (unpaired) electrons. The molecule has 6 aromatic rings. The van der Waals surface area contributed by atoms with E-state index < -0.39 is 17.1 Å². The Hall–Kier alpha value is -5.19. The molecule has 11 heteroatoms. The Kier molecular flexibility index (Phi) is 11.7. The van der Waals surface area contributed by atoms with E-state index in [-0.39, 0.29) is 11.6 Å². The number of thiazole rings is 1. The van der Waals surface area contributed by atoms with Crippen molar-refractivity contribution in [3.63, 3.8) is 0 Å². The Morgan fingerprint density at radius 1 is 0.804 bits per heavy atom. The van der Waals surface area contributed by atoms with Crippen LogP contribution in [0, 0.1) is 6.92 Å². The molecule has 51 heavy (non-hydrogen) atoms. The highest BCUT2D eigenvalue weighted by Crippen LogP contribution is 2.38. The molecule has 7 nitrogen and oxygen atoms in total. The fourth-order valence-corrected chi connectivity index (χ4v) is 7.38. The van der Waals surface area contributed by atoms with Gasteiger partial charge < -0.3 is 16.0 Å². The highest BCUT2D eigenvalue weighted by molar-refractivity contribution is 8.00. The van der Waals surface area contributed by atoms with Gasteiger partial charge in [0.2, 0.25) is 5.91 Å². The standard InChI is InChI=1S/C40H30Cl2N4O3S2/c1-25-10-8-11-26(20-25)21-34(44-37(47)28-14-6-3-7-15-28)38(48)43-30-16-9-17-31(23-30)51-36(27-12-4-2-5-13-27)39(49)46-40-45-35(24-50-40)32-19-18-29(41)22-33(32)42/h2-24,36H,1H3,(H,43,48)(H,44,47)(H,45,46,49)/b34-21+. The molecule has 0 saturated carbocycles. The van der Waals surface area contributed by atoms with Crippen LogP contribution in [0.5, 0.6) is 0 Å². The minimum atomic E-state index is -0.648. The predicted octanol–water partition coefficient (Wildman–Crippen LogP) is 10.3. The largest absolute Gasteiger partial charge is 0.321 e. The van der Waals surface area contributed by atoms with E-state index in [1.54, 1.807) is 66.7 Å². The zero-order valence-corrected chi connectivity index (χ0v) is 30.2. The Balaban J connectivity index is 1.21. The van der Waals surface area contributed by atoms with Crippen molar-refractivity contribution >= 4 is 80.9 Å². The minimum Gasteiger partial charge on any atom is -0.321 e. The monoisotopic (exact) mass is 748 g/mol. The van der Waals surface area contributed by atoms with Gasteiger partial charge in [0.05, 0.1) is 10.7 Å². The van der Waals surface area contributed by atoms with E-state index in [0.717, 1.165) is 21.6 Å². The van der Waals surface area contributed by atoms with Crippen molar-refractivity contribution in [2.24, 2.45) is 0 Å². The molecule has 1 unspecified atom stereocenters. The zero-order valence-electron chi connectivity index (χ0n) is 27.1. The second kappa shape index (κ2) is 16.7. The number of benzene rings is 5. The average molecular weight is 750 g/mol. The second-order valence-electron chi connectivity index (χ2n) is 11.3. The predicted molar refractivity (Wildman–Crippen MR) is 209 cm³/mol. The lowest BCUT2D eigenvalue weighted by Gasteiger charge is -2.17. The molecule has 0 saturated heterocycles. The molecule has 6 rings (SSSR count). The van der Waals surface area contributed by atoms with Crippen LogP contribution in [-0.4, -0.2) is 22.7 Å². The van der Waals surface area contributed by atoms with E-state index in [1.165, 1.54) is 23.1 Å². The first kappa shape index (κ1) is 35.6. The van der Waals surface area contributed by atoms with E-state index in [9.17, 15) is 14.4 Å². The average Bonchev–Trinajstić information content (AvgIpc) is 3.59. The molecule has 1 heterocycles. The van der Waals surface area contributed by atoms with Crippen molar-refractivity contribution in [2.45, 2.75) is 17.1 Å². The second-order valence-corrected chi connectivity index (χ2v) is 14.2. The van der Waals surface area contributed by atoms with Gasteiger partial charge in [0.15, 0.2) is 5.13 Å². The van der Waals surface area contributed by atoms with Crippen LogP contribution < -0.4 is 16.0 Å².